The largest absolute Gasteiger partial charge is 0.491 e. The van der Waals surface area contributed by atoms with E-state index in [9.17, 15) is 32.3 Å². The number of ether oxygens (including phenoxy) is 1. The van der Waals surface area contributed by atoms with E-state index < -0.39 is 36.5 Å². The van der Waals surface area contributed by atoms with Crippen LogP contribution in [0, 0.1) is 0 Å². The number of carbonyl (C=O) groups is 4. The molecule has 0 saturated carbocycles. The van der Waals surface area contributed by atoms with Crippen molar-refractivity contribution in [3.63, 3.8) is 0 Å². The van der Waals surface area contributed by atoms with Gasteiger partial charge in [-0.3, -0.25) is 14.4 Å². The maximum atomic E-state index is 12.6. The van der Waals surface area contributed by atoms with E-state index in [2.05, 4.69) is 15.4 Å². The van der Waals surface area contributed by atoms with Crippen LogP contribution in [-0.4, -0.2) is 43.0 Å². The van der Waals surface area contributed by atoms with Crippen LogP contribution in [0.15, 0.2) is 42.5 Å². The van der Waals surface area contributed by atoms with Crippen molar-refractivity contribution in [1.82, 2.24) is 10.6 Å². The first-order valence-electron chi connectivity index (χ1n) is 9.37. The smallest absolute Gasteiger partial charge is 0.386 e. The highest BCUT2D eigenvalue weighted by atomic mass is 32.1. The van der Waals surface area contributed by atoms with Crippen molar-refractivity contribution in [3.05, 3.63) is 57.8 Å². The first kappa shape index (κ1) is 25.0. The van der Waals surface area contributed by atoms with Crippen LogP contribution in [-0.2, 0) is 14.3 Å². The van der Waals surface area contributed by atoms with Gasteiger partial charge in [-0.25, -0.2) is 4.79 Å². The summed E-state index contributed by atoms with van der Waals surface area (Å²) in [7, 11) is 0. The lowest BCUT2D eigenvalue weighted by Crippen LogP contribution is -2.33. The summed E-state index contributed by atoms with van der Waals surface area (Å²) in [5.74, 6) is -5.12. The van der Waals surface area contributed by atoms with Crippen LogP contribution in [0.3, 0.4) is 0 Å². The zero-order valence-electron chi connectivity index (χ0n) is 16.6. The van der Waals surface area contributed by atoms with Crippen LogP contribution in [0.5, 0.6) is 0 Å². The summed E-state index contributed by atoms with van der Waals surface area (Å²) >= 11 is 0.903. The Morgan fingerprint density at radius 1 is 1.00 bits per heavy atom. The Kier molecular flexibility index (Phi) is 8.91. The fraction of sp³-hybridized carbons (Fsp3) is 0.300. The number of nitrogens with one attached hydrogen (secondary N) is 2. The second kappa shape index (κ2) is 11.4. The number of nitrogens with two attached hydrogens (primary N) is 1. The summed E-state index contributed by atoms with van der Waals surface area (Å²) in [5, 5.41) is 5.18. The Balaban J connectivity index is 2.10. The van der Waals surface area contributed by atoms with E-state index in [0.29, 0.717) is 25.1 Å². The molecule has 1 aromatic heterocycles. The minimum atomic E-state index is -5.32. The molecule has 2 amide bonds. The summed E-state index contributed by atoms with van der Waals surface area (Å²) in [6.07, 6.45) is -5.44. The Morgan fingerprint density at radius 2 is 1.62 bits per heavy atom. The number of halogens is 3. The van der Waals surface area contributed by atoms with Gasteiger partial charge in [-0.05, 0) is 30.7 Å². The maximum absolute atomic E-state index is 12.6. The molecule has 32 heavy (non-hydrogen) atoms. The normalized spacial score (nSPS) is 12.0. The van der Waals surface area contributed by atoms with Crippen molar-refractivity contribution in [2.75, 3.05) is 13.1 Å². The zero-order valence-corrected chi connectivity index (χ0v) is 17.4. The molecule has 172 valence electrons. The molecule has 1 atom stereocenters. The molecule has 0 spiro atoms. The average molecular weight is 471 g/mol. The molecule has 0 aliphatic heterocycles. The predicted octanol–water partition coefficient (Wildman–Crippen LogP) is 2.32. The van der Waals surface area contributed by atoms with Crippen LogP contribution < -0.4 is 16.4 Å². The van der Waals surface area contributed by atoms with Crippen molar-refractivity contribution in [3.8, 4) is 0 Å². The van der Waals surface area contributed by atoms with E-state index in [1.165, 1.54) is 12.1 Å². The quantitative estimate of drug-likeness (QED) is 0.293. The Morgan fingerprint density at radius 3 is 2.22 bits per heavy atom. The molecular formula is C20H20F3N3O5S. The average Bonchev–Trinajstić information content (AvgIpc) is 3.24. The number of alkyl halides is 3. The van der Waals surface area contributed by atoms with Crippen LogP contribution in [0.2, 0.25) is 0 Å². The molecule has 12 heteroatoms. The highest BCUT2D eigenvalue weighted by Gasteiger charge is 2.42. The van der Waals surface area contributed by atoms with Gasteiger partial charge in [0.2, 0.25) is 0 Å². The number of benzene rings is 1. The first-order valence-corrected chi connectivity index (χ1v) is 10.2. The molecule has 0 radical (unpaired) electrons. The molecule has 8 nitrogen and oxygen atoms in total. The lowest BCUT2D eigenvalue weighted by molar-refractivity contribution is -0.202. The van der Waals surface area contributed by atoms with Gasteiger partial charge in [0, 0.05) is 6.54 Å². The Bertz CT molecular complexity index is 963. The van der Waals surface area contributed by atoms with Crippen LogP contribution in [0.25, 0.3) is 0 Å². The van der Waals surface area contributed by atoms with Crippen molar-refractivity contribution in [1.29, 1.82) is 0 Å². The van der Waals surface area contributed by atoms with Crippen molar-refractivity contribution in [2.45, 2.75) is 25.1 Å². The summed E-state index contributed by atoms with van der Waals surface area (Å²) in [4.78, 5) is 47.9. The third-order valence-electron chi connectivity index (χ3n) is 4.04. The fourth-order valence-electron chi connectivity index (χ4n) is 2.51. The Hall–Kier alpha value is -3.25. The number of hydrogen-bond donors (Lipinski definition) is 3. The van der Waals surface area contributed by atoms with Gasteiger partial charge in [0.15, 0.2) is 0 Å². The number of rotatable bonds is 9. The SMILES string of the molecule is NCCCNC(=O)c1ccc(C(=O)NC(CC(=O)OC(=O)C(F)(F)F)c2ccccc2)s1. The maximum Gasteiger partial charge on any atom is 0.491 e. The lowest BCUT2D eigenvalue weighted by atomic mass is 10.0. The topological polar surface area (TPSA) is 128 Å². The molecule has 2 aromatic rings. The van der Waals surface area contributed by atoms with Gasteiger partial charge < -0.3 is 21.1 Å². The molecule has 4 N–H and O–H groups in total. The molecule has 1 unspecified atom stereocenters. The van der Waals surface area contributed by atoms with Crippen LogP contribution >= 0.6 is 11.3 Å². The molecule has 1 aromatic carbocycles. The predicted molar refractivity (Wildman–Crippen MR) is 109 cm³/mol. The van der Waals surface area contributed by atoms with Gasteiger partial charge in [0.05, 0.1) is 22.2 Å². The monoisotopic (exact) mass is 471 g/mol. The molecule has 0 aliphatic rings. The highest BCUT2D eigenvalue weighted by molar-refractivity contribution is 7.15. The van der Waals surface area contributed by atoms with Crippen molar-refractivity contribution in [2.24, 2.45) is 5.73 Å². The minimum absolute atomic E-state index is 0.148. The van der Waals surface area contributed by atoms with E-state index in [-0.39, 0.29) is 15.7 Å². The number of esters is 2. The summed E-state index contributed by atoms with van der Waals surface area (Å²) in [6.45, 7) is 0.792. The summed E-state index contributed by atoms with van der Waals surface area (Å²) < 4.78 is 40.8. The number of carbonyl (C=O) groups excluding carboxylic acids is 4. The second-order valence-electron chi connectivity index (χ2n) is 6.46. The van der Waals surface area contributed by atoms with Crippen LogP contribution in [0.4, 0.5) is 13.2 Å². The molecular weight excluding hydrogens is 451 g/mol. The first-order chi connectivity index (χ1) is 15.1. The third kappa shape index (κ3) is 7.46. The van der Waals surface area contributed by atoms with Crippen molar-refractivity contribution < 1.29 is 37.1 Å². The zero-order chi connectivity index (χ0) is 23.7. The van der Waals surface area contributed by atoms with E-state index in [0.717, 1.165) is 11.3 Å². The second-order valence-corrected chi connectivity index (χ2v) is 7.55. The molecule has 0 fully saturated rings. The standard InChI is InChI=1S/C20H20F3N3O5S/c21-20(22,23)19(30)31-16(27)11-13(12-5-2-1-3-6-12)26-18(29)15-8-7-14(32-15)17(28)25-10-4-9-24/h1-3,5-8,13H,4,9-11,24H2,(H,25,28)(H,26,29). The van der Waals surface area contributed by atoms with Gasteiger partial charge >= 0.3 is 18.1 Å². The molecule has 2 rings (SSSR count). The summed E-state index contributed by atoms with van der Waals surface area (Å²) in [6, 6.07) is 9.77. The van der Waals surface area contributed by atoms with Crippen LogP contribution in [0.1, 0.15) is 43.8 Å². The van der Waals surface area contributed by atoms with Gasteiger partial charge in [-0.1, -0.05) is 30.3 Å². The third-order valence-corrected chi connectivity index (χ3v) is 5.12. The van der Waals surface area contributed by atoms with E-state index >= 15 is 0 Å². The number of hydrogen-bond acceptors (Lipinski definition) is 7. The van der Waals surface area contributed by atoms with E-state index in [1.807, 2.05) is 0 Å². The van der Waals surface area contributed by atoms with Gasteiger partial charge in [-0.2, -0.15) is 13.2 Å². The lowest BCUT2D eigenvalue weighted by Gasteiger charge is -2.18. The van der Waals surface area contributed by atoms with Gasteiger partial charge in [0.25, 0.3) is 11.8 Å². The number of amides is 2. The van der Waals surface area contributed by atoms with Gasteiger partial charge in [0.1, 0.15) is 0 Å². The van der Waals surface area contributed by atoms with E-state index in [1.54, 1.807) is 30.3 Å². The molecule has 0 aliphatic carbocycles. The minimum Gasteiger partial charge on any atom is -0.386 e. The molecule has 0 saturated heterocycles. The number of thiophene rings is 1. The van der Waals surface area contributed by atoms with Gasteiger partial charge in [-0.15, -0.1) is 11.3 Å². The molecule has 1 heterocycles. The van der Waals surface area contributed by atoms with Crippen molar-refractivity contribution >= 4 is 35.1 Å². The highest BCUT2D eigenvalue weighted by Crippen LogP contribution is 2.22. The summed E-state index contributed by atoms with van der Waals surface area (Å²) in [5.41, 5.74) is 5.78. The fourth-order valence-corrected chi connectivity index (χ4v) is 3.34. The Labute approximate surface area is 184 Å². The molecule has 0 bridgehead atoms. The van der Waals surface area contributed by atoms with E-state index in [4.69, 9.17) is 5.73 Å².